The standard InChI is InChI=1S/C31H34/c1-23-29(19-18-24-12-6-3-2-4-7-13-24)31(25-14-8-5-9-15-25)22-30(23)28-20-26-16-10-11-17-27(26)21-28/h5,8-11,14-20,24,30H,1-4,6-7,12-13,21-22H2. The summed E-state index contributed by atoms with van der Waals surface area (Å²) in [5, 5.41) is 0. The van der Waals surface area contributed by atoms with Gasteiger partial charge in [-0.1, -0.05) is 117 Å². The molecule has 0 nitrogen and oxygen atoms in total. The minimum absolute atomic E-state index is 0.430. The summed E-state index contributed by atoms with van der Waals surface area (Å²) >= 11 is 0. The molecule has 3 aliphatic rings. The van der Waals surface area contributed by atoms with Gasteiger partial charge in [0.15, 0.2) is 0 Å². The van der Waals surface area contributed by atoms with E-state index in [9.17, 15) is 0 Å². The molecular weight excluding hydrogens is 372 g/mol. The third-order valence-electron chi connectivity index (χ3n) is 7.55. The van der Waals surface area contributed by atoms with Gasteiger partial charge in [0.2, 0.25) is 0 Å². The van der Waals surface area contributed by atoms with Crippen LogP contribution in [0.25, 0.3) is 11.6 Å². The summed E-state index contributed by atoms with van der Waals surface area (Å²) in [7, 11) is 0. The van der Waals surface area contributed by atoms with Gasteiger partial charge in [0, 0.05) is 5.92 Å². The highest BCUT2D eigenvalue weighted by molar-refractivity contribution is 5.81. The first kappa shape index (κ1) is 20.3. The maximum atomic E-state index is 4.65. The molecule has 0 amide bonds. The van der Waals surface area contributed by atoms with E-state index in [1.807, 2.05) is 0 Å². The molecule has 5 rings (SSSR count). The van der Waals surface area contributed by atoms with Crippen molar-refractivity contribution in [3.63, 3.8) is 0 Å². The van der Waals surface area contributed by atoms with E-state index in [-0.39, 0.29) is 0 Å². The highest BCUT2D eigenvalue weighted by Crippen LogP contribution is 2.47. The van der Waals surface area contributed by atoms with Crippen LogP contribution in [-0.2, 0) is 6.42 Å². The van der Waals surface area contributed by atoms with Crippen molar-refractivity contribution in [2.75, 3.05) is 0 Å². The van der Waals surface area contributed by atoms with Gasteiger partial charge in [-0.3, -0.25) is 0 Å². The van der Waals surface area contributed by atoms with Gasteiger partial charge >= 0.3 is 0 Å². The zero-order valence-corrected chi connectivity index (χ0v) is 18.7. The zero-order chi connectivity index (χ0) is 21.0. The number of hydrogen-bond donors (Lipinski definition) is 0. The van der Waals surface area contributed by atoms with E-state index in [0.717, 1.165) is 18.8 Å². The van der Waals surface area contributed by atoms with Crippen molar-refractivity contribution in [2.45, 2.75) is 57.8 Å². The fourth-order valence-electron chi connectivity index (χ4n) is 5.74. The Morgan fingerprint density at radius 3 is 2.29 bits per heavy atom. The summed E-state index contributed by atoms with van der Waals surface area (Å²) < 4.78 is 0. The summed E-state index contributed by atoms with van der Waals surface area (Å²) in [6.45, 7) is 4.65. The Morgan fingerprint density at radius 2 is 1.52 bits per heavy atom. The summed E-state index contributed by atoms with van der Waals surface area (Å²) in [5.74, 6) is 1.16. The van der Waals surface area contributed by atoms with Gasteiger partial charge in [-0.25, -0.2) is 0 Å². The van der Waals surface area contributed by atoms with Crippen LogP contribution in [0.15, 0.2) is 90.0 Å². The molecule has 1 unspecified atom stereocenters. The zero-order valence-electron chi connectivity index (χ0n) is 18.7. The lowest BCUT2D eigenvalue weighted by molar-refractivity contribution is 0.435. The first-order valence-corrected chi connectivity index (χ1v) is 12.2. The normalized spacial score (nSPS) is 22.5. The molecule has 3 aliphatic carbocycles. The van der Waals surface area contributed by atoms with Gasteiger partial charge in [-0.15, -0.1) is 0 Å². The average Bonchev–Trinajstić information content (AvgIpc) is 3.34. The van der Waals surface area contributed by atoms with Crippen LogP contribution in [0, 0.1) is 11.8 Å². The molecule has 2 aromatic rings. The van der Waals surface area contributed by atoms with E-state index >= 15 is 0 Å². The molecule has 1 saturated carbocycles. The average molecular weight is 407 g/mol. The molecule has 0 heterocycles. The monoisotopic (exact) mass is 406 g/mol. The molecule has 0 spiro atoms. The van der Waals surface area contributed by atoms with Crippen LogP contribution in [0.4, 0.5) is 0 Å². The van der Waals surface area contributed by atoms with Gasteiger partial charge in [0.25, 0.3) is 0 Å². The number of benzene rings is 2. The molecule has 0 bridgehead atoms. The molecule has 1 fully saturated rings. The molecular formula is C31H34. The maximum absolute atomic E-state index is 4.65. The van der Waals surface area contributed by atoms with E-state index in [1.54, 1.807) is 0 Å². The van der Waals surface area contributed by atoms with Crippen LogP contribution in [0.2, 0.25) is 0 Å². The summed E-state index contributed by atoms with van der Waals surface area (Å²) in [5.41, 5.74) is 9.95. The molecule has 0 radical (unpaired) electrons. The summed E-state index contributed by atoms with van der Waals surface area (Å²) in [6.07, 6.45) is 19.2. The van der Waals surface area contributed by atoms with Crippen molar-refractivity contribution in [1.29, 1.82) is 0 Å². The van der Waals surface area contributed by atoms with E-state index in [4.69, 9.17) is 0 Å². The smallest absolute Gasteiger partial charge is 0.00958 e. The highest BCUT2D eigenvalue weighted by Gasteiger charge is 2.32. The van der Waals surface area contributed by atoms with Crippen LogP contribution in [0.1, 0.15) is 68.1 Å². The molecule has 2 aromatic carbocycles. The summed E-state index contributed by atoms with van der Waals surface area (Å²) in [6, 6.07) is 19.8. The van der Waals surface area contributed by atoms with Crippen LogP contribution in [-0.4, -0.2) is 0 Å². The van der Waals surface area contributed by atoms with Gasteiger partial charge in [0.05, 0.1) is 0 Å². The highest BCUT2D eigenvalue weighted by atomic mass is 14.4. The number of hydrogen-bond acceptors (Lipinski definition) is 0. The first-order valence-electron chi connectivity index (χ1n) is 12.2. The quantitative estimate of drug-likeness (QED) is 0.477. The third-order valence-corrected chi connectivity index (χ3v) is 7.55. The number of rotatable bonds is 4. The van der Waals surface area contributed by atoms with Crippen molar-refractivity contribution in [3.8, 4) is 0 Å². The minimum Gasteiger partial charge on any atom is -0.0946 e. The van der Waals surface area contributed by atoms with Crippen molar-refractivity contribution < 1.29 is 0 Å². The van der Waals surface area contributed by atoms with E-state index < -0.39 is 0 Å². The molecule has 0 heteroatoms. The van der Waals surface area contributed by atoms with Crippen molar-refractivity contribution in [2.24, 2.45) is 11.8 Å². The predicted octanol–water partition coefficient (Wildman–Crippen LogP) is 8.57. The van der Waals surface area contributed by atoms with Gasteiger partial charge in [0.1, 0.15) is 0 Å². The molecule has 0 N–H and O–H groups in total. The second-order valence-electron chi connectivity index (χ2n) is 9.60. The maximum Gasteiger partial charge on any atom is 0.00958 e. The van der Waals surface area contributed by atoms with E-state index in [1.165, 1.54) is 83.9 Å². The Morgan fingerprint density at radius 1 is 0.806 bits per heavy atom. The Hall–Kier alpha value is -2.60. The number of allylic oxidation sites excluding steroid dienone is 6. The van der Waals surface area contributed by atoms with Gasteiger partial charge < -0.3 is 0 Å². The van der Waals surface area contributed by atoms with Crippen LogP contribution < -0.4 is 0 Å². The van der Waals surface area contributed by atoms with Gasteiger partial charge in [-0.2, -0.15) is 0 Å². The molecule has 1 atom stereocenters. The SMILES string of the molecule is C=C1C(C=CC2CCCCCCC2)=C(c2ccccc2)CC1C1=Cc2ccccc2C1. The largest absolute Gasteiger partial charge is 0.0946 e. The van der Waals surface area contributed by atoms with Crippen LogP contribution in [0.5, 0.6) is 0 Å². The van der Waals surface area contributed by atoms with E-state index in [2.05, 4.69) is 79.4 Å². The van der Waals surface area contributed by atoms with Crippen LogP contribution in [0.3, 0.4) is 0 Å². The molecule has 158 valence electrons. The predicted molar refractivity (Wildman–Crippen MR) is 134 cm³/mol. The lowest BCUT2D eigenvalue weighted by Gasteiger charge is -2.17. The van der Waals surface area contributed by atoms with Gasteiger partial charge in [-0.05, 0) is 65.0 Å². The lowest BCUT2D eigenvalue weighted by atomic mass is 9.88. The molecule has 0 aromatic heterocycles. The molecule has 0 saturated heterocycles. The summed E-state index contributed by atoms with van der Waals surface area (Å²) in [4.78, 5) is 0. The lowest BCUT2D eigenvalue weighted by Crippen LogP contribution is -2.03. The van der Waals surface area contributed by atoms with E-state index in [0.29, 0.717) is 5.92 Å². The Bertz CT molecular complexity index is 1020. The van der Waals surface area contributed by atoms with Crippen molar-refractivity contribution >= 4 is 11.6 Å². The fraction of sp³-hybridized carbons (Fsp3) is 0.355. The second kappa shape index (κ2) is 9.27. The minimum atomic E-state index is 0.430. The third kappa shape index (κ3) is 4.40. The second-order valence-corrected chi connectivity index (χ2v) is 9.60. The van der Waals surface area contributed by atoms with Crippen molar-refractivity contribution in [3.05, 3.63) is 107 Å². The first-order chi connectivity index (χ1) is 15.3. The Balaban J connectivity index is 1.43. The molecule has 31 heavy (non-hydrogen) atoms. The Labute approximate surface area is 188 Å². The van der Waals surface area contributed by atoms with Crippen LogP contribution >= 0.6 is 0 Å². The molecule has 0 aliphatic heterocycles. The topological polar surface area (TPSA) is 0 Å². The van der Waals surface area contributed by atoms with Crippen molar-refractivity contribution in [1.82, 2.24) is 0 Å². The fourth-order valence-corrected chi connectivity index (χ4v) is 5.74. The number of fused-ring (bicyclic) bond motifs is 1. The Kier molecular flexibility index (Phi) is 6.07.